The van der Waals surface area contributed by atoms with Crippen LogP contribution in [0.3, 0.4) is 0 Å². The fraction of sp³-hybridized carbons (Fsp3) is 0.167. The van der Waals surface area contributed by atoms with Crippen LogP contribution in [0.4, 0.5) is 24.5 Å². The van der Waals surface area contributed by atoms with Crippen LogP contribution < -0.4 is 5.32 Å². The lowest BCUT2D eigenvalue weighted by Gasteiger charge is -2.10. The number of aromatic nitrogens is 2. The lowest BCUT2D eigenvalue weighted by atomic mass is 10.1. The molecule has 0 aliphatic heterocycles. The Morgan fingerprint density at radius 2 is 2.05 bits per heavy atom. The molecule has 0 aliphatic rings. The van der Waals surface area contributed by atoms with Gasteiger partial charge in [0, 0.05) is 12.3 Å². The van der Waals surface area contributed by atoms with Gasteiger partial charge in [-0.1, -0.05) is 0 Å². The smallest absolute Gasteiger partial charge is 0.374 e. The molecule has 21 heavy (non-hydrogen) atoms. The third-order valence-corrected chi connectivity index (χ3v) is 2.61. The molecule has 0 saturated carbocycles. The summed E-state index contributed by atoms with van der Waals surface area (Å²) in [4.78, 5) is 10.0. The standard InChI is InChI=1S/C12H9F3N4O2/c13-12(14,15)8-3-4-10(11(6-8)19(20)21)16-7-9-2-1-5-17-18-9/h1-6,16H,7H2. The molecule has 0 atom stereocenters. The van der Waals surface area contributed by atoms with Gasteiger partial charge < -0.3 is 5.32 Å². The molecule has 1 heterocycles. The minimum atomic E-state index is -4.63. The molecular formula is C12H9F3N4O2. The molecule has 0 radical (unpaired) electrons. The minimum Gasteiger partial charge on any atom is -0.374 e. The number of rotatable bonds is 4. The molecule has 1 N–H and O–H groups in total. The molecule has 0 fully saturated rings. The number of hydrogen-bond donors (Lipinski definition) is 1. The van der Waals surface area contributed by atoms with E-state index < -0.39 is 22.4 Å². The van der Waals surface area contributed by atoms with Gasteiger partial charge in [0.15, 0.2) is 0 Å². The summed E-state index contributed by atoms with van der Waals surface area (Å²) in [7, 11) is 0. The van der Waals surface area contributed by atoms with Crippen LogP contribution >= 0.6 is 0 Å². The van der Waals surface area contributed by atoms with Gasteiger partial charge in [0.1, 0.15) is 5.69 Å². The Morgan fingerprint density at radius 1 is 1.29 bits per heavy atom. The van der Waals surface area contributed by atoms with Crippen molar-refractivity contribution in [2.75, 3.05) is 5.32 Å². The Kier molecular flexibility index (Phi) is 4.01. The fourth-order valence-corrected chi connectivity index (χ4v) is 1.62. The normalized spacial score (nSPS) is 11.2. The topological polar surface area (TPSA) is 81.0 Å². The molecule has 0 amide bonds. The molecule has 1 aromatic carbocycles. The second-order valence-electron chi connectivity index (χ2n) is 4.06. The zero-order chi connectivity index (χ0) is 15.5. The maximum Gasteiger partial charge on any atom is 0.416 e. The van der Waals surface area contributed by atoms with Crippen molar-refractivity contribution in [2.45, 2.75) is 12.7 Å². The average molecular weight is 298 g/mol. The van der Waals surface area contributed by atoms with Crippen molar-refractivity contribution in [1.29, 1.82) is 0 Å². The predicted molar refractivity (Wildman–Crippen MR) is 67.5 cm³/mol. The van der Waals surface area contributed by atoms with Gasteiger partial charge in [-0.05, 0) is 24.3 Å². The summed E-state index contributed by atoms with van der Waals surface area (Å²) in [5.74, 6) is 0. The van der Waals surface area contributed by atoms with E-state index in [4.69, 9.17) is 0 Å². The van der Waals surface area contributed by atoms with E-state index in [1.165, 1.54) is 6.20 Å². The minimum absolute atomic E-state index is 0.0151. The second-order valence-corrected chi connectivity index (χ2v) is 4.06. The maximum atomic E-state index is 12.6. The van der Waals surface area contributed by atoms with Gasteiger partial charge in [-0.3, -0.25) is 10.1 Å². The molecule has 0 saturated heterocycles. The number of nitro benzene ring substituents is 1. The largest absolute Gasteiger partial charge is 0.416 e. The van der Waals surface area contributed by atoms with Crippen LogP contribution in [0.5, 0.6) is 0 Å². The van der Waals surface area contributed by atoms with Crippen LogP contribution in [-0.4, -0.2) is 15.1 Å². The van der Waals surface area contributed by atoms with Crippen LogP contribution in [0.15, 0.2) is 36.5 Å². The highest BCUT2D eigenvalue weighted by molar-refractivity contribution is 5.63. The van der Waals surface area contributed by atoms with E-state index in [0.717, 1.165) is 12.1 Å². The maximum absolute atomic E-state index is 12.6. The van der Waals surface area contributed by atoms with E-state index in [-0.39, 0.29) is 12.2 Å². The summed E-state index contributed by atoms with van der Waals surface area (Å²) in [6.45, 7) is 0.111. The van der Waals surface area contributed by atoms with Crippen LogP contribution in [0, 0.1) is 10.1 Å². The van der Waals surface area contributed by atoms with E-state index in [9.17, 15) is 23.3 Å². The van der Waals surface area contributed by atoms with Gasteiger partial charge >= 0.3 is 6.18 Å². The van der Waals surface area contributed by atoms with Gasteiger partial charge in [0.2, 0.25) is 0 Å². The number of alkyl halides is 3. The Bertz CT molecular complexity index is 647. The third kappa shape index (κ3) is 3.65. The van der Waals surface area contributed by atoms with Crippen molar-refractivity contribution in [2.24, 2.45) is 0 Å². The summed E-state index contributed by atoms with van der Waals surface area (Å²) in [5, 5.41) is 21.0. The van der Waals surface area contributed by atoms with Crippen molar-refractivity contribution < 1.29 is 18.1 Å². The highest BCUT2D eigenvalue weighted by Crippen LogP contribution is 2.35. The van der Waals surface area contributed by atoms with E-state index in [1.54, 1.807) is 12.1 Å². The van der Waals surface area contributed by atoms with Crippen molar-refractivity contribution in [3.05, 3.63) is 57.9 Å². The summed E-state index contributed by atoms with van der Waals surface area (Å²) >= 11 is 0. The van der Waals surface area contributed by atoms with Gasteiger partial charge in [0.05, 0.1) is 22.7 Å². The van der Waals surface area contributed by atoms with E-state index >= 15 is 0 Å². The summed E-state index contributed by atoms with van der Waals surface area (Å²) in [5.41, 5.74) is -1.22. The zero-order valence-corrected chi connectivity index (χ0v) is 10.5. The van der Waals surface area contributed by atoms with Gasteiger partial charge in [-0.25, -0.2) is 0 Å². The number of nitro groups is 1. The van der Waals surface area contributed by atoms with Gasteiger partial charge in [0.25, 0.3) is 5.69 Å². The lowest BCUT2D eigenvalue weighted by Crippen LogP contribution is -2.08. The Hall–Kier alpha value is -2.71. The first-order valence-electron chi connectivity index (χ1n) is 5.74. The first-order valence-corrected chi connectivity index (χ1v) is 5.74. The molecule has 6 nitrogen and oxygen atoms in total. The van der Waals surface area contributed by atoms with Crippen molar-refractivity contribution in [3.63, 3.8) is 0 Å². The van der Waals surface area contributed by atoms with Crippen molar-refractivity contribution >= 4 is 11.4 Å². The molecule has 1 aromatic heterocycles. The first-order chi connectivity index (χ1) is 9.88. The molecular weight excluding hydrogens is 289 g/mol. The van der Waals surface area contributed by atoms with E-state index in [2.05, 4.69) is 15.5 Å². The zero-order valence-electron chi connectivity index (χ0n) is 10.5. The molecule has 9 heteroatoms. The highest BCUT2D eigenvalue weighted by Gasteiger charge is 2.32. The summed E-state index contributed by atoms with van der Waals surface area (Å²) in [6, 6.07) is 5.57. The van der Waals surface area contributed by atoms with Crippen LogP contribution in [0.2, 0.25) is 0 Å². The Morgan fingerprint density at radius 3 is 2.62 bits per heavy atom. The second kappa shape index (κ2) is 5.73. The third-order valence-electron chi connectivity index (χ3n) is 2.61. The number of nitrogens with one attached hydrogen (secondary N) is 1. The molecule has 0 bridgehead atoms. The summed E-state index contributed by atoms with van der Waals surface area (Å²) in [6.07, 6.45) is -3.17. The van der Waals surface area contributed by atoms with Crippen LogP contribution in [-0.2, 0) is 12.7 Å². The van der Waals surface area contributed by atoms with E-state index in [1.807, 2.05) is 0 Å². The highest BCUT2D eigenvalue weighted by atomic mass is 19.4. The number of hydrogen-bond acceptors (Lipinski definition) is 5. The monoisotopic (exact) mass is 298 g/mol. The van der Waals surface area contributed by atoms with Crippen LogP contribution in [0.1, 0.15) is 11.3 Å². The van der Waals surface area contributed by atoms with Crippen molar-refractivity contribution in [3.8, 4) is 0 Å². The number of halogens is 3. The SMILES string of the molecule is O=[N+]([O-])c1cc(C(F)(F)F)ccc1NCc1cccnn1. The first kappa shape index (κ1) is 14.7. The molecule has 0 spiro atoms. The molecule has 0 unspecified atom stereocenters. The molecule has 0 aliphatic carbocycles. The quantitative estimate of drug-likeness (QED) is 0.693. The number of nitrogens with zero attached hydrogens (tertiary/aromatic N) is 3. The van der Waals surface area contributed by atoms with Gasteiger partial charge in [-0.2, -0.15) is 23.4 Å². The number of anilines is 1. The average Bonchev–Trinajstić information content (AvgIpc) is 2.45. The fourth-order valence-electron chi connectivity index (χ4n) is 1.62. The molecule has 2 rings (SSSR count). The molecule has 110 valence electrons. The van der Waals surface area contributed by atoms with E-state index in [0.29, 0.717) is 11.8 Å². The van der Waals surface area contributed by atoms with Crippen LogP contribution in [0.25, 0.3) is 0 Å². The Balaban J connectivity index is 2.25. The van der Waals surface area contributed by atoms with Crippen molar-refractivity contribution in [1.82, 2.24) is 10.2 Å². The molecule has 2 aromatic rings. The summed E-state index contributed by atoms with van der Waals surface area (Å²) < 4.78 is 37.7. The Labute approximate surface area is 116 Å². The number of benzene rings is 1. The van der Waals surface area contributed by atoms with Gasteiger partial charge in [-0.15, -0.1) is 0 Å². The predicted octanol–water partition coefficient (Wildman–Crippen LogP) is 3.02. The lowest BCUT2D eigenvalue weighted by molar-refractivity contribution is -0.384.